The first-order valence-corrected chi connectivity index (χ1v) is 11.9. The van der Waals surface area contributed by atoms with Crippen LogP contribution in [-0.2, 0) is 22.4 Å². The van der Waals surface area contributed by atoms with E-state index < -0.39 is 17.7 Å². The number of rotatable bonds is 3. The van der Waals surface area contributed by atoms with Crippen molar-refractivity contribution in [3.63, 3.8) is 0 Å². The van der Waals surface area contributed by atoms with Crippen LogP contribution in [0.5, 0.6) is 0 Å². The van der Waals surface area contributed by atoms with Crippen LogP contribution >= 0.6 is 0 Å². The molecule has 1 unspecified atom stereocenters. The summed E-state index contributed by atoms with van der Waals surface area (Å²) in [6.07, 6.45) is 7.53. The van der Waals surface area contributed by atoms with Gasteiger partial charge in [-0.05, 0) is 72.0 Å². The first-order chi connectivity index (χ1) is 17.1. The molecule has 1 fully saturated rings. The molecule has 1 aliphatic heterocycles. The standard InChI is InChI=1S/C30H24N2O3/c33-28(23-13-12-19-6-1-2-8-22(19)18-23)26-27(21-14-16-31-17-15-21)32(30(35)29(26)34)25-11-5-9-20-7-3-4-10-24(20)25/h3-5,7,9-18,27,33H,1-2,6,8H2/b28-26+. The number of benzene rings is 3. The number of carbonyl (C=O) groups is 2. The first kappa shape index (κ1) is 21.3. The van der Waals surface area contributed by atoms with E-state index in [0.29, 0.717) is 16.8 Å². The molecule has 0 bridgehead atoms. The molecule has 3 aromatic carbocycles. The van der Waals surface area contributed by atoms with E-state index in [1.807, 2.05) is 60.7 Å². The highest BCUT2D eigenvalue weighted by Crippen LogP contribution is 2.44. The van der Waals surface area contributed by atoms with Gasteiger partial charge >= 0.3 is 0 Å². The SMILES string of the molecule is O=C1C(=O)N(c2cccc3ccccc23)C(c2ccncc2)/C1=C(\O)c1ccc2c(c1)CCCC2. The summed E-state index contributed by atoms with van der Waals surface area (Å²) in [6.45, 7) is 0. The zero-order valence-electron chi connectivity index (χ0n) is 19.1. The van der Waals surface area contributed by atoms with Gasteiger partial charge in [-0.25, -0.2) is 0 Å². The third-order valence-corrected chi connectivity index (χ3v) is 7.11. The van der Waals surface area contributed by atoms with Crippen molar-refractivity contribution in [2.75, 3.05) is 4.90 Å². The lowest BCUT2D eigenvalue weighted by molar-refractivity contribution is -0.132. The Morgan fingerprint density at radius 1 is 0.857 bits per heavy atom. The summed E-state index contributed by atoms with van der Waals surface area (Å²) in [7, 11) is 0. The summed E-state index contributed by atoms with van der Waals surface area (Å²) in [6, 6.07) is 22.1. The number of carbonyl (C=O) groups excluding carboxylic acids is 2. The molecule has 1 amide bonds. The Labute approximate surface area is 203 Å². The van der Waals surface area contributed by atoms with Crippen LogP contribution in [0.4, 0.5) is 5.69 Å². The van der Waals surface area contributed by atoms with E-state index in [0.717, 1.165) is 36.5 Å². The highest BCUT2D eigenvalue weighted by Gasteiger charge is 2.47. The molecule has 0 saturated carbocycles. The van der Waals surface area contributed by atoms with Crippen LogP contribution in [0.1, 0.15) is 41.1 Å². The van der Waals surface area contributed by atoms with Gasteiger partial charge in [0, 0.05) is 23.3 Å². The third-order valence-electron chi connectivity index (χ3n) is 7.11. The Morgan fingerprint density at radius 2 is 1.60 bits per heavy atom. The fourth-order valence-corrected chi connectivity index (χ4v) is 5.40. The smallest absolute Gasteiger partial charge is 0.300 e. The number of aliphatic hydroxyl groups is 1. The summed E-state index contributed by atoms with van der Waals surface area (Å²) in [4.78, 5) is 32.6. The summed E-state index contributed by atoms with van der Waals surface area (Å²) in [5, 5.41) is 13.3. The van der Waals surface area contributed by atoms with Gasteiger partial charge in [0.15, 0.2) is 0 Å². The number of nitrogens with zero attached hydrogens (tertiary/aromatic N) is 2. The van der Waals surface area contributed by atoms with E-state index >= 15 is 0 Å². The highest BCUT2D eigenvalue weighted by molar-refractivity contribution is 6.52. The van der Waals surface area contributed by atoms with Crippen molar-refractivity contribution in [3.05, 3.63) is 113 Å². The summed E-state index contributed by atoms with van der Waals surface area (Å²) >= 11 is 0. The predicted molar refractivity (Wildman–Crippen MR) is 136 cm³/mol. The van der Waals surface area contributed by atoms with Crippen LogP contribution in [0, 0.1) is 0 Å². The van der Waals surface area contributed by atoms with E-state index in [-0.39, 0.29) is 11.3 Å². The van der Waals surface area contributed by atoms with Gasteiger partial charge < -0.3 is 5.11 Å². The molecule has 1 atom stereocenters. The minimum Gasteiger partial charge on any atom is -0.507 e. The minimum atomic E-state index is -0.764. The number of hydrogen-bond acceptors (Lipinski definition) is 4. The third kappa shape index (κ3) is 3.51. The average Bonchev–Trinajstić information content (AvgIpc) is 3.18. The van der Waals surface area contributed by atoms with Gasteiger partial charge in [0.25, 0.3) is 11.7 Å². The molecule has 0 radical (unpaired) electrons. The molecule has 4 aromatic rings. The fraction of sp³-hybridized carbons (Fsp3) is 0.167. The van der Waals surface area contributed by atoms with Gasteiger partial charge in [-0.1, -0.05) is 48.5 Å². The summed E-state index contributed by atoms with van der Waals surface area (Å²) < 4.78 is 0. The topological polar surface area (TPSA) is 70.5 Å². The van der Waals surface area contributed by atoms with Gasteiger partial charge in [0.1, 0.15) is 5.76 Å². The maximum Gasteiger partial charge on any atom is 0.300 e. The van der Waals surface area contributed by atoms with E-state index in [9.17, 15) is 14.7 Å². The lowest BCUT2D eigenvalue weighted by Crippen LogP contribution is -2.29. The molecule has 172 valence electrons. The van der Waals surface area contributed by atoms with Crippen molar-refractivity contribution in [2.45, 2.75) is 31.7 Å². The molecule has 1 saturated heterocycles. The summed E-state index contributed by atoms with van der Waals surface area (Å²) in [5.41, 5.74) is 4.51. The first-order valence-electron chi connectivity index (χ1n) is 11.9. The molecule has 1 N–H and O–H groups in total. The fourth-order valence-electron chi connectivity index (χ4n) is 5.40. The lowest BCUT2D eigenvalue weighted by Gasteiger charge is -2.26. The Morgan fingerprint density at radius 3 is 2.43 bits per heavy atom. The van der Waals surface area contributed by atoms with Crippen molar-refractivity contribution in [3.8, 4) is 0 Å². The zero-order chi connectivity index (χ0) is 23.9. The highest BCUT2D eigenvalue weighted by atomic mass is 16.3. The minimum absolute atomic E-state index is 0.102. The molecule has 0 spiro atoms. The quantitative estimate of drug-likeness (QED) is 0.240. The van der Waals surface area contributed by atoms with E-state index in [1.165, 1.54) is 16.0 Å². The second kappa shape index (κ2) is 8.51. The zero-order valence-corrected chi connectivity index (χ0v) is 19.1. The van der Waals surface area contributed by atoms with Gasteiger partial charge in [-0.3, -0.25) is 19.5 Å². The number of aryl methyl sites for hydroxylation is 2. The largest absolute Gasteiger partial charge is 0.507 e. The second-order valence-corrected chi connectivity index (χ2v) is 9.14. The molecule has 1 aromatic heterocycles. The molecular formula is C30H24N2O3. The maximum atomic E-state index is 13.5. The average molecular weight is 461 g/mol. The Bertz CT molecular complexity index is 1500. The number of fused-ring (bicyclic) bond motifs is 2. The van der Waals surface area contributed by atoms with E-state index in [1.54, 1.807) is 24.5 Å². The van der Waals surface area contributed by atoms with Crippen molar-refractivity contribution < 1.29 is 14.7 Å². The molecule has 6 rings (SSSR count). The van der Waals surface area contributed by atoms with E-state index in [4.69, 9.17) is 0 Å². The number of aliphatic hydroxyl groups excluding tert-OH is 1. The van der Waals surface area contributed by atoms with Gasteiger partial charge in [-0.2, -0.15) is 0 Å². The van der Waals surface area contributed by atoms with Gasteiger partial charge in [-0.15, -0.1) is 0 Å². The molecular weight excluding hydrogens is 436 g/mol. The predicted octanol–water partition coefficient (Wildman–Crippen LogP) is 5.74. The number of amides is 1. The van der Waals surface area contributed by atoms with Crippen molar-refractivity contribution >= 4 is 33.9 Å². The molecule has 35 heavy (non-hydrogen) atoms. The second-order valence-electron chi connectivity index (χ2n) is 9.14. The van der Waals surface area contributed by atoms with Crippen LogP contribution in [0.25, 0.3) is 16.5 Å². The molecule has 2 aliphatic rings. The maximum absolute atomic E-state index is 13.5. The van der Waals surface area contributed by atoms with Gasteiger partial charge in [0.2, 0.25) is 0 Å². The van der Waals surface area contributed by atoms with Crippen LogP contribution < -0.4 is 4.90 Å². The van der Waals surface area contributed by atoms with Gasteiger partial charge in [0.05, 0.1) is 17.3 Å². The number of hydrogen-bond donors (Lipinski definition) is 1. The molecule has 5 heteroatoms. The summed E-state index contributed by atoms with van der Waals surface area (Å²) in [5.74, 6) is -1.47. The van der Waals surface area contributed by atoms with Crippen LogP contribution in [0.15, 0.2) is 90.8 Å². The number of aromatic nitrogens is 1. The lowest BCUT2D eigenvalue weighted by atomic mass is 9.89. The Balaban J connectivity index is 1.57. The van der Waals surface area contributed by atoms with Crippen LogP contribution in [-0.4, -0.2) is 21.8 Å². The molecule has 2 heterocycles. The Hall–Kier alpha value is -4.25. The molecule has 1 aliphatic carbocycles. The van der Waals surface area contributed by atoms with Crippen LogP contribution in [0.3, 0.4) is 0 Å². The van der Waals surface area contributed by atoms with Crippen molar-refractivity contribution in [2.24, 2.45) is 0 Å². The number of ketones is 1. The monoisotopic (exact) mass is 460 g/mol. The van der Waals surface area contributed by atoms with E-state index in [2.05, 4.69) is 4.98 Å². The van der Waals surface area contributed by atoms with Crippen molar-refractivity contribution in [1.29, 1.82) is 0 Å². The van der Waals surface area contributed by atoms with Crippen LogP contribution in [0.2, 0.25) is 0 Å². The number of Topliss-reactive ketones (excluding diaryl/α,β-unsaturated/α-hetero) is 1. The van der Waals surface area contributed by atoms with Crippen molar-refractivity contribution in [1.82, 2.24) is 4.98 Å². The number of pyridine rings is 1. The Kier molecular flexibility index (Phi) is 5.18. The molecule has 5 nitrogen and oxygen atoms in total. The number of anilines is 1. The normalized spacial score (nSPS) is 19.2.